The van der Waals surface area contributed by atoms with Crippen LogP contribution in [0.5, 0.6) is 0 Å². The molecular weight excluding hydrogens is 676 g/mol. The van der Waals surface area contributed by atoms with E-state index in [0.717, 1.165) is 64.2 Å². The number of carbonyl (C=O) groups excluding carboxylic acids is 2. The highest BCUT2D eigenvalue weighted by molar-refractivity contribution is 6.01. The average molecular weight is 755 g/mol. The summed E-state index contributed by atoms with van der Waals surface area (Å²) in [5.74, 6) is -1.96. The maximum atomic E-state index is 14.1. The molecule has 0 radical (unpaired) electrons. The van der Waals surface area contributed by atoms with Crippen molar-refractivity contribution in [2.24, 2.45) is 0 Å². The lowest BCUT2D eigenvalue weighted by Gasteiger charge is -2.56. The van der Waals surface area contributed by atoms with Crippen LogP contribution in [-0.2, 0) is 14.3 Å². The van der Waals surface area contributed by atoms with Gasteiger partial charge in [0.2, 0.25) is 0 Å². The molecule has 1 fully saturated rings. The molecule has 1 rings (SSSR count). The quantitative estimate of drug-likeness (QED) is 0.0275. The van der Waals surface area contributed by atoms with Crippen molar-refractivity contribution in [2.75, 3.05) is 13.2 Å². The van der Waals surface area contributed by atoms with E-state index < -0.39 is 66.5 Å². The fourth-order valence-corrected chi connectivity index (χ4v) is 7.47. The van der Waals surface area contributed by atoms with Crippen molar-refractivity contribution in [2.45, 2.75) is 223 Å². The molecule has 0 aromatic rings. The topological polar surface area (TPSA) is 185 Å². The fraction of sp³-hybridized carbons (Fsp3) is 0.860. The molecule has 0 amide bonds. The first kappa shape index (κ1) is 49.5. The molecule has 1 aliphatic heterocycles. The first-order valence-corrected chi connectivity index (χ1v) is 21.3. The maximum absolute atomic E-state index is 14.1. The molecule has 3 unspecified atom stereocenters. The van der Waals surface area contributed by atoms with E-state index in [1.165, 1.54) is 64.2 Å². The van der Waals surface area contributed by atoms with Crippen LogP contribution in [0.15, 0.2) is 24.3 Å². The van der Waals surface area contributed by atoms with Crippen LogP contribution in [0.3, 0.4) is 0 Å². The minimum atomic E-state index is -3.14. The van der Waals surface area contributed by atoms with Crippen LogP contribution in [0.25, 0.3) is 0 Å². The first-order valence-electron chi connectivity index (χ1n) is 21.3. The van der Waals surface area contributed by atoms with Crippen molar-refractivity contribution in [1.29, 1.82) is 0 Å². The summed E-state index contributed by atoms with van der Waals surface area (Å²) in [6.07, 6.45) is 22.3. The van der Waals surface area contributed by atoms with Gasteiger partial charge in [0.25, 0.3) is 0 Å². The summed E-state index contributed by atoms with van der Waals surface area (Å²) in [6, 6.07) is 0. The van der Waals surface area contributed by atoms with Gasteiger partial charge in [0, 0.05) is 12.8 Å². The Hall–Kier alpha value is -1.50. The Morgan fingerprint density at radius 3 is 1.51 bits per heavy atom. The fourth-order valence-electron chi connectivity index (χ4n) is 7.47. The molecule has 1 aliphatic rings. The summed E-state index contributed by atoms with van der Waals surface area (Å²) >= 11 is 0. The zero-order chi connectivity index (χ0) is 39.4. The monoisotopic (exact) mass is 755 g/mol. The number of allylic oxidation sites excluding steroid dienone is 4. The van der Waals surface area contributed by atoms with Crippen molar-refractivity contribution >= 4 is 11.6 Å². The Morgan fingerprint density at radius 2 is 1.04 bits per heavy atom. The summed E-state index contributed by atoms with van der Waals surface area (Å²) < 4.78 is 5.77. The van der Waals surface area contributed by atoms with Crippen LogP contribution in [0.1, 0.15) is 181 Å². The number of aliphatic hydroxyl groups is 7. The van der Waals surface area contributed by atoms with Crippen LogP contribution >= 0.6 is 0 Å². The van der Waals surface area contributed by atoms with Gasteiger partial charge >= 0.3 is 0 Å². The van der Waals surface area contributed by atoms with E-state index >= 15 is 0 Å². The van der Waals surface area contributed by atoms with Crippen molar-refractivity contribution in [3.8, 4) is 0 Å². The molecule has 0 aromatic carbocycles. The van der Waals surface area contributed by atoms with Crippen LogP contribution in [0, 0.1) is 0 Å². The second-order valence-electron chi connectivity index (χ2n) is 15.3. The van der Waals surface area contributed by atoms with Crippen molar-refractivity contribution in [3.63, 3.8) is 0 Å². The third-order valence-electron chi connectivity index (χ3n) is 10.9. The molecule has 0 bridgehead atoms. The minimum Gasteiger partial charge on any atom is -0.394 e. The van der Waals surface area contributed by atoms with E-state index in [-0.39, 0.29) is 12.8 Å². The summed E-state index contributed by atoms with van der Waals surface area (Å²) in [6.45, 7) is 2.48. The van der Waals surface area contributed by atoms with Gasteiger partial charge < -0.3 is 40.5 Å². The number of carbonyl (C=O) groups is 2. The van der Waals surface area contributed by atoms with E-state index in [2.05, 4.69) is 38.2 Å². The molecule has 310 valence electrons. The second kappa shape index (κ2) is 29.7. The summed E-state index contributed by atoms with van der Waals surface area (Å²) in [7, 11) is 0. The molecule has 0 aromatic heterocycles. The number of aliphatic hydroxyl groups excluding tert-OH is 6. The summed E-state index contributed by atoms with van der Waals surface area (Å²) in [4.78, 5) is 27.9. The minimum absolute atomic E-state index is 0.257. The number of unbranched alkanes of at least 4 members (excludes halogenated alkanes) is 20. The lowest BCUT2D eigenvalue weighted by atomic mass is 9.63. The first-order chi connectivity index (χ1) is 25.6. The highest BCUT2D eigenvalue weighted by Crippen LogP contribution is 2.45. The highest BCUT2D eigenvalue weighted by atomic mass is 16.6. The molecule has 10 heteroatoms. The number of hydrogen-bond acceptors (Lipinski definition) is 10. The number of hydrogen-bond donors (Lipinski definition) is 7. The normalized spacial score (nSPS) is 24.7. The van der Waals surface area contributed by atoms with Crippen LogP contribution in [-0.4, -0.2) is 102 Å². The Bertz CT molecular complexity index is 1000. The molecule has 53 heavy (non-hydrogen) atoms. The second-order valence-corrected chi connectivity index (χ2v) is 15.3. The van der Waals surface area contributed by atoms with Crippen molar-refractivity contribution in [3.05, 3.63) is 24.3 Å². The van der Waals surface area contributed by atoms with Crippen molar-refractivity contribution < 1.29 is 50.1 Å². The van der Waals surface area contributed by atoms with Gasteiger partial charge in [-0.25, -0.2) is 0 Å². The van der Waals surface area contributed by atoms with E-state index in [1.54, 1.807) is 0 Å². The predicted octanol–water partition coefficient (Wildman–Crippen LogP) is 6.72. The molecule has 0 spiro atoms. The van der Waals surface area contributed by atoms with E-state index in [0.29, 0.717) is 25.7 Å². The van der Waals surface area contributed by atoms with Gasteiger partial charge in [0.15, 0.2) is 22.8 Å². The molecule has 7 atom stereocenters. The van der Waals surface area contributed by atoms with E-state index in [9.17, 15) is 45.3 Å². The van der Waals surface area contributed by atoms with E-state index in [1.807, 2.05) is 0 Å². The van der Waals surface area contributed by atoms with Gasteiger partial charge in [0.05, 0.1) is 13.2 Å². The van der Waals surface area contributed by atoms with Gasteiger partial charge in [0.1, 0.15) is 30.5 Å². The maximum Gasteiger partial charge on any atom is 0.193 e. The number of rotatable bonds is 34. The van der Waals surface area contributed by atoms with Crippen LogP contribution in [0.2, 0.25) is 0 Å². The third kappa shape index (κ3) is 16.6. The number of Topliss-reactive ketones (excluding diaryl/α,β-unsaturated/α-hetero) is 2. The SMILES string of the molecule is CCCCC/C=C\C/C=C\CCCCCCCC(=O)[C@@]1(O)[C@@H](O)[C@@H](O)[C@@H](CO)OC1(C(=O)CCCCCCCCCCCCCCC)C(O)C(O)CO. The Balaban J connectivity index is 2.80. The Labute approximate surface area is 321 Å². The van der Waals surface area contributed by atoms with Gasteiger partial charge in [-0.1, -0.05) is 147 Å². The highest BCUT2D eigenvalue weighted by Gasteiger charge is 2.73. The molecular formula is C43H78O10. The largest absolute Gasteiger partial charge is 0.394 e. The standard InChI is InChI=1S/C43H78O10/c1-3-5-7-9-11-13-15-17-18-20-21-23-25-27-29-31-37(47)42(52)41(51)39(49)36(34-45)53-43(42,40(50)35(46)33-44)38(48)32-30-28-26-24-22-19-16-14-12-10-8-6-4-2/h11,13,17-18,35-36,39-41,44-46,49-52H,3-10,12,14-16,19-34H2,1-2H3/b13-11-,18-17-/t35?,36-,39+,40?,41+,42-,43?/m1/s1. The van der Waals surface area contributed by atoms with Gasteiger partial charge in [-0.2, -0.15) is 0 Å². The molecule has 0 aliphatic carbocycles. The lowest BCUT2D eigenvalue weighted by Crippen LogP contribution is -2.82. The zero-order valence-corrected chi connectivity index (χ0v) is 33.4. The average Bonchev–Trinajstić information content (AvgIpc) is 3.16. The molecule has 0 saturated carbocycles. The molecule has 10 nitrogen and oxygen atoms in total. The Morgan fingerprint density at radius 1 is 0.623 bits per heavy atom. The van der Waals surface area contributed by atoms with E-state index in [4.69, 9.17) is 4.74 Å². The lowest BCUT2D eigenvalue weighted by molar-refractivity contribution is -0.323. The van der Waals surface area contributed by atoms with Gasteiger partial charge in [-0.05, 0) is 44.9 Å². The van der Waals surface area contributed by atoms with Crippen LogP contribution < -0.4 is 0 Å². The van der Waals surface area contributed by atoms with Crippen molar-refractivity contribution in [1.82, 2.24) is 0 Å². The summed E-state index contributed by atoms with van der Waals surface area (Å²) in [5.41, 5.74) is -6.07. The molecule has 7 N–H and O–H groups in total. The number of ether oxygens (including phenoxy) is 1. The third-order valence-corrected chi connectivity index (χ3v) is 10.9. The smallest absolute Gasteiger partial charge is 0.193 e. The molecule has 1 saturated heterocycles. The van der Waals surface area contributed by atoms with Crippen LogP contribution in [0.4, 0.5) is 0 Å². The van der Waals surface area contributed by atoms with Gasteiger partial charge in [-0.3, -0.25) is 9.59 Å². The van der Waals surface area contributed by atoms with Gasteiger partial charge in [-0.15, -0.1) is 0 Å². The zero-order valence-electron chi connectivity index (χ0n) is 33.4. The summed E-state index contributed by atoms with van der Waals surface area (Å²) in [5, 5.41) is 75.6. The molecule has 1 heterocycles. The Kier molecular flexibility index (Phi) is 27.8. The predicted molar refractivity (Wildman–Crippen MR) is 210 cm³/mol. The number of ketones is 2.